The number of nitrogens with zero attached hydrogens (tertiary/aromatic N) is 2. The molecule has 2 nitrogen and oxygen atoms in total. The fraction of sp³-hybridized carbons (Fsp3) is 0. The highest BCUT2D eigenvalue weighted by Crippen LogP contribution is 2.38. The highest BCUT2D eigenvalue weighted by molar-refractivity contribution is 6.09. The zero-order valence-electron chi connectivity index (χ0n) is 30.8. The number of anilines is 3. The highest BCUT2D eigenvalue weighted by atomic mass is 15.1. The van der Waals surface area contributed by atoms with E-state index in [-0.39, 0.29) is 0 Å². The summed E-state index contributed by atoms with van der Waals surface area (Å²) >= 11 is 0. The number of hydrogen-bond donors (Lipinski definition) is 0. The topological polar surface area (TPSA) is 8.17 Å². The number of hydrogen-bond acceptors (Lipinski definition) is 1. The molecule has 0 spiro atoms. The average molecular weight is 715 g/mol. The van der Waals surface area contributed by atoms with Crippen LogP contribution < -0.4 is 4.90 Å². The first-order chi connectivity index (χ1) is 27.8. The number of benzene rings is 9. The summed E-state index contributed by atoms with van der Waals surface area (Å²) in [5, 5.41) is 2.55. The average Bonchev–Trinajstić information content (AvgIpc) is 3.62. The Bertz CT molecular complexity index is 2750. The van der Waals surface area contributed by atoms with E-state index in [1.807, 2.05) is 0 Å². The largest absolute Gasteiger partial charge is 0.311 e. The molecule has 1 heterocycles. The van der Waals surface area contributed by atoms with Crippen LogP contribution in [0.1, 0.15) is 0 Å². The Balaban J connectivity index is 0.927. The highest BCUT2D eigenvalue weighted by Gasteiger charge is 2.15. The first kappa shape index (κ1) is 33.2. The lowest BCUT2D eigenvalue weighted by Crippen LogP contribution is -2.09. The predicted molar refractivity (Wildman–Crippen MR) is 237 cm³/mol. The molecule has 0 N–H and O–H groups in total. The van der Waals surface area contributed by atoms with Gasteiger partial charge in [0.25, 0.3) is 0 Å². The fourth-order valence-corrected chi connectivity index (χ4v) is 7.98. The van der Waals surface area contributed by atoms with Crippen LogP contribution in [0.5, 0.6) is 0 Å². The molecule has 0 bridgehead atoms. The van der Waals surface area contributed by atoms with Crippen molar-refractivity contribution in [1.82, 2.24) is 4.57 Å². The zero-order valence-corrected chi connectivity index (χ0v) is 30.8. The van der Waals surface area contributed by atoms with Crippen molar-refractivity contribution in [3.05, 3.63) is 231 Å². The molecule has 0 fully saturated rings. The maximum absolute atomic E-state index is 2.36. The van der Waals surface area contributed by atoms with Crippen molar-refractivity contribution in [3.63, 3.8) is 0 Å². The third kappa shape index (κ3) is 6.24. The van der Waals surface area contributed by atoms with Crippen LogP contribution in [-0.2, 0) is 0 Å². The second kappa shape index (κ2) is 14.4. The third-order valence-electron chi connectivity index (χ3n) is 10.8. The molecular formula is C54H38N2. The van der Waals surface area contributed by atoms with Gasteiger partial charge in [-0.1, -0.05) is 170 Å². The number of rotatable bonds is 8. The third-order valence-corrected chi connectivity index (χ3v) is 10.8. The minimum atomic E-state index is 1.11. The van der Waals surface area contributed by atoms with Crippen molar-refractivity contribution >= 4 is 38.9 Å². The smallest absolute Gasteiger partial charge is 0.0541 e. The normalized spacial score (nSPS) is 11.2. The zero-order chi connectivity index (χ0) is 37.3. The number of para-hydroxylation sites is 2. The molecule has 0 amide bonds. The molecule has 0 unspecified atom stereocenters. The van der Waals surface area contributed by atoms with Crippen LogP contribution in [0.3, 0.4) is 0 Å². The maximum Gasteiger partial charge on any atom is 0.0541 e. The van der Waals surface area contributed by atoms with E-state index >= 15 is 0 Å². The monoisotopic (exact) mass is 714 g/mol. The first-order valence-corrected chi connectivity index (χ1v) is 19.2. The van der Waals surface area contributed by atoms with E-state index < -0.39 is 0 Å². The molecule has 0 aliphatic heterocycles. The van der Waals surface area contributed by atoms with E-state index in [2.05, 4.69) is 240 Å². The molecule has 0 atom stereocenters. The summed E-state index contributed by atoms with van der Waals surface area (Å²) < 4.78 is 2.36. The Labute approximate surface area is 327 Å². The van der Waals surface area contributed by atoms with E-state index in [1.165, 1.54) is 66.3 Å². The van der Waals surface area contributed by atoms with Crippen molar-refractivity contribution in [1.29, 1.82) is 0 Å². The molecule has 2 heteroatoms. The van der Waals surface area contributed by atoms with E-state index in [1.54, 1.807) is 0 Å². The molecule has 0 radical (unpaired) electrons. The maximum atomic E-state index is 2.36. The van der Waals surface area contributed by atoms with E-state index in [9.17, 15) is 0 Å². The Morgan fingerprint density at radius 3 is 0.857 bits per heavy atom. The molecule has 9 aromatic carbocycles. The lowest BCUT2D eigenvalue weighted by molar-refractivity contribution is 1.18. The van der Waals surface area contributed by atoms with Gasteiger partial charge in [-0.05, 0) is 105 Å². The van der Waals surface area contributed by atoms with Crippen molar-refractivity contribution < 1.29 is 0 Å². The molecule has 0 saturated heterocycles. The summed E-state index contributed by atoms with van der Waals surface area (Å²) in [6.07, 6.45) is 0. The van der Waals surface area contributed by atoms with Crippen LogP contribution in [0.15, 0.2) is 231 Å². The summed E-state index contributed by atoms with van der Waals surface area (Å²) in [5.41, 5.74) is 16.5. The minimum Gasteiger partial charge on any atom is -0.311 e. The Morgan fingerprint density at radius 1 is 0.232 bits per heavy atom. The summed E-state index contributed by atoms with van der Waals surface area (Å²) in [5.74, 6) is 0. The molecule has 264 valence electrons. The molecule has 0 saturated carbocycles. The van der Waals surface area contributed by atoms with Gasteiger partial charge in [-0.25, -0.2) is 0 Å². The summed E-state index contributed by atoms with van der Waals surface area (Å²) in [6, 6.07) is 82.9. The van der Waals surface area contributed by atoms with Gasteiger partial charge in [0.2, 0.25) is 0 Å². The fourth-order valence-electron chi connectivity index (χ4n) is 7.98. The van der Waals surface area contributed by atoms with Crippen LogP contribution in [-0.4, -0.2) is 4.57 Å². The van der Waals surface area contributed by atoms with Gasteiger partial charge in [0, 0.05) is 33.5 Å². The van der Waals surface area contributed by atoms with Crippen LogP contribution >= 0.6 is 0 Å². The van der Waals surface area contributed by atoms with Crippen LogP contribution in [0.25, 0.3) is 72.0 Å². The van der Waals surface area contributed by atoms with Gasteiger partial charge < -0.3 is 9.47 Å². The van der Waals surface area contributed by atoms with Gasteiger partial charge in [0.1, 0.15) is 0 Å². The van der Waals surface area contributed by atoms with Gasteiger partial charge >= 0.3 is 0 Å². The van der Waals surface area contributed by atoms with Gasteiger partial charge in [0.05, 0.1) is 11.0 Å². The SMILES string of the molecule is c1ccc(-c2ccc(N(c3ccc(-c4ccccc4)cc3)c3ccc(-c4ccc(-c5ccc(-n6c7ccccc7c7ccccc76)cc5)cc4)cc3)cc2)cc1. The second-order valence-electron chi connectivity index (χ2n) is 14.2. The molecule has 10 aromatic rings. The standard InChI is InChI=1S/C54H38N2/c1-3-11-39(12-4-1)43-23-31-47(32-24-43)55(48-33-25-44(26-34-48)40-13-5-2-6-14-40)49-35-27-45(28-36-49)41-19-21-42(22-20-41)46-29-37-50(38-30-46)56-53-17-9-7-15-51(53)52-16-8-10-18-54(52)56/h1-38H. The van der Waals surface area contributed by atoms with Gasteiger partial charge in [-0.3, -0.25) is 0 Å². The Hall–Kier alpha value is -7.42. The molecular weight excluding hydrogens is 677 g/mol. The van der Waals surface area contributed by atoms with E-state index in [0.717, 1.165) is 22.7 Å². The number of aromatic nitrogens is 1. The minimum absolute atomic E-state index is 1.11. The number of fused-ring (bicyclic) bond motifs is 3. The summed E-state index contributed by atoms with van der Waals surface area (Å²) in [6.45, 7) is 0. The quantitative estimate of drug-likeness (QED) is 0.152. The van der Waals surface area contributed by atoms with Crippen molar-refractivity contribution in [2.75, 3.05) is 4.90 Å². The Kier molecular flexibility index (Phi) is 8.55. The first-order valence-electron chi connectivity index (χ1n) is 19.2. The summed E-state index contributed by atoms with van der Waals surface area (Å²) in [7, 11) is 0. The van der Waals surface area contributed by atoms with Crippen molar-refractivity contribution in [2.24, 2.45) is 0 Å². The van der Waals surface area contributed by atoms with E-state index in [4.69, 9.17) is 0 Å². The van der Waals surface area contributed by atoms with Gasteiger partial charge in [0.15, 0.2) is 0 Å². The van der Waals surface area contributed by atoms with Crippen LogP contribution in [0, 0.1) is 0 Å². The predicted octanol–water partition coefficient (Wildman–Crippen LogP) is 14.9. The van der Waals surface area contributed by atoms with Crippen molar-refractivity contribution in [3.8, 4) is 50.2 Å². The van der Waals surface area contributed by atoms with Gasteiger partial charge in [-0.2, -0.15) is 0 Å². The van der Waals surface area contributed by atoms with Crippen LogP contribution in [0.2, 0.25) is 0 Å². The molecule has 0 aliphatic rings. The summed E-state index contributed by atoms with van der Waals surface area (Å²) in [4.78, 5) is 2.33. The van der Waals surface area contributed by atoms with E-state index in [0.29, 0.717) is 0 Å². The lowest BCUT2D eigenvalue weighted by Gasteiger charge is -2.26. The second-order valence-corrected chi connectivity index (χ2v) is 14.2. The molecule has 56 heavy (non-hydrogen) atoms. The molecule has 1 aromatic heterocycles. The van der Waals surface area contributed by atoms with Crippen molar-refractivity contribution in [2.45, 2.75) is 0 Å². The van der Waals surface area contributed by atoms with Gasteiger partial charge in [-0.15, -0.1) is 0 Å². The van der Waals surface area contributed by atoms with Crippen LogP contribution in [0.4, 0.5) is 17.1 Å². The lowest BCUT2D eigenvalue weighted by atomic mass is 9.99. The molecule has 0 aliphatic carbocycles. The molecule has 10 rings (SSSR count). The Morgan fingerprint density at radius 2 is 0.500 bits per heavy atom.